The standard InChI is InChI=1S/C13H16BN3O2S/c1-12(2)13(3,4)19-14(18-12)10-8-15-7-9(17-10)11-16-5-6-20-11/h5-8H,1-4H3. The summed E-state index contributed by atoms with van der Waals surface area (Å²) >= 11 is 1.53. The zero-order chi connectivity index (χ0) is 14.4. The lowest BCUT2D eigenvalue weighted by Gasteiger charge is -2.32. The molecule has 1 fully saturated rings. The molecule has 5 nitrogen and oxygen atoms in total. The van der Waals surface area contributed by atoms with Gasteiger partial charge in [0.2, 0.25) is 0 Å². The molecule has 0 radical (unpaired) electrons. The van der Waals surface area contributed by atoms with E-state index in [4.69, 9.17) is 9.31 Å². The maximum Gasteiger partial charge on any atom is 0.516 e. The molecule has 0 aliphatic carbocycles. The SMILES string of the molecule is CC1(C)OB(c2cncc(-c3nccs3)n2)OC1(C)C. The minimum atomic E-state index is -0.493. The molecule has 0 spiro atoms. The number of hydrogen-bond acceptors (Lipinski definition) is 6. The molecule has 2 aromatic heterocycles. The van der Waals surface area contributed by atoms with Crippen LogP contribution in [0, 0.1) is 0 Å². The van der Waals surface area contributed by atoms with Gasteiger partial charge in [0.05, 0.1) is 23.0 Å². The summed E-state index contributed by atoms with van der Waals surface area (Å²) in [5.74, 6) is 0. The summed E-state index contributed by atoms with van der Waals surface area (Å²) in [5, 5.41) is 2.76. The molecule has 1 aliphatic rings. The Balaban J connectivity index is 1.91. The van der Waals surface area contributed by atoms with Crippen LogP contribution in [0.4, 0.5) is 0 Å². The van der Waals surface area contributed by atoms with Crippen molar-refractivity contribution >= 4 is 24.0 Å². The van der Waals surface area contributed by atoms with Crippen molar-refractivity contribution < 1.29 is 9.31 Å². The van der Waals surface area contributed by atoms with Crippen molar-refractivity contribution in [2.45, 2.75) is 38.9 Å². The maximum absolute atomic E-state index is 5.98. The largest absolute Gasteiger partial charge is 0.516 e. The van der Waals surface area contributed by atoms with Crippen LogP contribution in [0.1, 0.15) is 27.7 Å². The van der Waals surface area contributed by atoms with Crippen LogP contribution in [0.5, 0.6) is 0 Å². The first-order valence-corrected chi connectivity index (χ1v) is 7.34. The quantitative estimate of drug-likeness (QED) is 0.790. The second-order valence-corrected chi connectivity index (χ2v) is 6.65. The summed E-state index contributed by atoms with van der Waals surface area (Å²) in [6.07, 6.45) is 5.13. The molecular formula is C13H16BN3O2S. The molecule has 7 heteroatoms. The van der Waals surface area contributed by atoms with E-state index in [1.54, 1.807) is 18.6 Å². The van der Waals surface area contributed by atoms with Gasteiger partial charge in [-0.15, -0.1) is 11.3 Å². The lowest BCUT2D eigenvalue weighted by Crippen LogP contribution is -2.41. The van der Waals surface area contributed by atoms with Crippen LogP contribution in [0.15, 0.2) is 24.0 Å². The first-order chi connectivity index (χ1) is 9.39. The van der Waals surface area contributed by atoms with Crippen molar-refractivity contribution in [1.29, 1.82) is 0 Å². The van der Waals surface area contributed by atoms with Gasteiger partial charge in [0.1, 0.15) is 10.7 Å². The van der Waals surface area contributed by atoms with Crippen LogP contribution < -0.4 is 5.59 Å². The second-order valence-electron chi connectivity index (χ2n) is 5.75. The molecule has 0 saturated carbocycles. The molecule has 2 aromatic rings. The molecule has 3 heterocycles. The Labute approximate surface area is 122 Å². The first-order valence-electron chi connectivity index (χ1n) is 6.46. The van der Waals surface area contributed by atoms with E-state index in [9.17, 15) is 0 Å². The monoisotopic (exact) mass is 289 g/mol. The van der Waals surface area contributed by atoms with Crippen LogP contribution in [-0.4, -0.2) is 33.3 Å². The summed E-state index contributed by atoms with van der Waals surface area (Å²) in [6.45, 7) is 8.08. The van der Waals surface area contributed by atoms with E-state index in [0.717, 1.165) is 10.7 Å². The summed E-state index contributed by atoms with van der Waals surface area (Å²) < 4.78 is 12.0. The number of nitrogens with zero attached hydrogens (tertiary/aromatic N) is 3. The van der Waals surface area contributed by atoms with Crippen LogP contribution in [0.2, 0.25) is 0 Å². The van der Waals surface area contributed by atoms with Gasteiger partial charge in [-0.3, -0.25) is 9.97 Å². The molecule has 3 rings (SSSR count). The van der Waals surface area contributed by atoms with Crippen molar-refractivity contribution in [2.75, 3.05) is 0 Å². The van der Waals surface area contributed by atoms with E-state index in [2.05, 4.69) is 15.0 Å². The van der Waals surface area contributed by atoms with Gasteiger partial charge in [0, 0.05) is 17.8 Å². The fraction of sp³-hybridized carbons (Fsp3) is 0.462. The molecule has 104 valence electrons. The minimum absolute atomic E-state index is 0.378. The molecule has 0 atom stereocenters. The van der Waals surface area contributed by atoms with Crippen LogP contribution >= 0.6 is 11.3 Å². The lowest BCUT2D eigenvalue weighted by molar-refractivity contribution is 0.00578. The Morgan fingerprint density at radius 2 is 1.80 bits per heavy atom. The van der Waals surface area contributed by atoms with Gasteiger partial charge in [-0.25, -0.2) is 4.98 Å². The van der Waals surface area contributed by atoms with Crippen molar-refractivity contribution in [1.82, 2.24) is 15.0 Å². The topological polar surface area (TPSA) is 57.1 Å². The van der Waals surface area contributed by atoms with E-state index in [0.29, 0.717) is 5.59 Å². The van der Waals surface area contributed by atoms with Gasteiger partial charge in [-0.2, -0.15) is 0 Å². The number of hydrogen-bond donors (Lipinski definition) is 0. The molecule has 0 N–H and O–H groups in total. The summed E-state index contributed by atoms with van der Waals surface area (Å²) in [6, 6.07) is 0. The van der Waals surface area contributed by atoms with E-state index in [1.807, 2.05) is 33.1 Å². The molecule has 0 bridgehead atoms. The summed E-state index contributed by atoms with van der Waals surface area (Å²) in [5.41, 5.74) is 0.663. The predicted molar refractivity (Wildman–Crippen MR) is 78.9 cm³/mol. The summed E-state index contributed by atoms with van der Waals surface area (Å²) in [7, 11) is -0.493. The highest BCUT2D eigenvalue weighted by Crippen LogP contribution is 2.36. The molecule has 0 unspecified atom stereocenters. The van der Waals surface area contributed by atoms with E-state index >= 15 is 0 Å². The Hall–Kier alpha value is -1.31. The van der Waals surface area contributed by atoms with E-state index in [-0.39, 0.29) is 11.2 Å². The van der Waals surface area contributed by atoms with Crippen molar-refractivity contribution in [3.05, 3.63) is 24.0 Å². The molecule has 1 aliphatic heterocycles. The van der Waals surface area contributed by atoms with Gasteiger partial charge >= 0.3 is 7.12 Å². The summed E-state index contributed by atoms with van der Waals surface area (Å²) in [4.78, 5) is 13.0. The third kappa shape index (κ3) is 2.26. The lowest BCUT2D eigenvalue weighted by atomic mass is 9.85. The van der Waals surface area contributed by atoms with Gasteiger partial charge < -0.3 is 9.31 Å². The van der Waals surface area contributed by atoms with Crippen LogP contribution in [-0.2, 0) is 9.31 Å². The van der Waals surface area contributed by atoms with Gasteiger partial charge in [0.25, 0.3) is 0 Å². The van der Waals surface area contributed by atoms with E-state index < -0.39 is 7.12 Å². The van der Waals surface area contributed by atoms with Crippen molar-refractivity contribution in [3.63, 3.8) is 0 Å². The molecule has 0 aromatic carbocycles. The highest BCUT2D eigenvalue weighted by Gasteiger charge is 2.52. The fourth-order valence-corrected chi connectivity index (χ4v) is 2.50. The zero-order valence-corrected chi connectivity index (χ0v) is 12.8. The van der Waals surface area contributed by atoms with Crippen molar-refractivity contribution in [3.8, 4) is 10.7 Å². The van der Waals surface area contributed by atoms with Crippen LogP contribution in [0.25, 0.3) is 10.7 Å². The fourth-order valence-electron chi connectivity index (χ4n) is 1.91. The minimum Gasteiger partial charge on any atom is -0.398 e. The number of thiazole rings is 1. The van der Waals surface area contributed by atoms with Crippen LogP contribution in [0.3, 0.4) is 0 Å². The Morgan fingerprint density at radius 1 is 1.10 bits per heavy atom. The van der Waals surface area contributed by atoms with Gasteiger partial charge in [0.15, 0.2) is 0 Å². The third-order valence-corrected chi connectivity index (χ3v) is 4.59. The first kappa shape index (κ1) is 13.7. The normalized spacial score (nSPS) is 20.3. The smallest absolute Gasteiger partial charge is 0.398 e. The number of rotatable bonds is 2. The van der Waals surface area contributed by atoms with Gasteiger partial charge in [-0.05, 0) is 27.7 Å². The molecule has 1 saturated heterocycles. The molecular weight excluding hydrogens is 273 g/mol. The molecule has 0 amide bonds. The third-order valence-electron chi connectivity index (χ3n) is 3.80. The van der Waals surface area contributed by atoms with Gasteiger partial charge in [-0.1, -0.05) is 0 Å². The predicted octanol–water partition coefficient (Wildman–Crippen LogP) is 1.90. The Kier molecular flexibility index (Phi) is 3.15. The highest BCUT2D eigenvalue weighted by molar-refractivity contribution is 7.13. The maximum atomic E-state index is 5.98. The Bertz CT molecular complexity index is 600. The average Bonchev–Trinajstić information content (AvgIpc) is 2.97. The zero-order valence-electron chi connectivity index (χ0n) is 12.0. The second kappa shape index (κ2) is 4.61. The highest BCUT2D eigenvalue weighted by atomic mass is 32.1. The average molecular weight is 289 g/mol. The molecule has 20 heavy (non-hydrogen) atoms. The van der Waals surface area contributed by atoms with Crippen molar-refractivity contribution in [2.24, 2.45) is 0 Å². The number of aromatic nitrogens is 3. The Morgan fingerprint density at radius 3 is 2.40 bits per heavy atom. The van der Waals surface area contributed by atoms with E-state index in [1.165, 1.54) is 11.3 Å².